The molecule has 4 unspecified atom stereocenters. The Hall–Kier alpha value is -4.07. The van der Waals surface area contributed by atoms with E-state index in [1.807, 2.05) is 30.5 Å². The van der Waals surface area contributed by atoms with Gasteiger partial charge in [0.1, 0.15) is 29.9 Å². The highest BCUT2D eigenvalue weighted by atomic mass is 32.2. The molecule has 4 atom stereocenters. The third-order valence-corrected chi connectivity index (χ3v) is 7.14. The number of carboxylic acid groups (broad SMARTS) is 1. The fourth-order valence-corrected chi connectivity index (χ4v) is 4.68. The number of carbonyl (C=O) groups is 4. The van der Waals surface area contributed by atoms with Crippen molar-refractivity contribution in [1.82, 2.24) is 20.9 Å². The molecule has 13 heteroatoms. The zero-order valence-electron chi connectivity index (χ0n) is 22.5. The molecule has 3 aromatic rings. The normalized spacial score (nSPS) is 14.0. The van der Waals surface area contributed by atoms with Crippen LogP contribution < -0.4 is 21.7 Å². The first-order chi connectivity index (χ1) is 19.6. The Labute approximate surface area is 241 Å². The second-order valence-electron chi connectivity index (χ2n) is 9.53. The summed E-state index contributed by atoms with van der Waals surface area (Å²) < 4.78 is 0. The Morgan fingerprint density at radius 3 is 2.20 bits per heavy atom. The number of aliphatic hydroxyl groups excluding tert-OH is 1. The van der Waals surface area contributed by atoms with E-state index in [1.165, 1.54) is 23.9 Å². The molecule has 220 valence electrons. The van der Waals surface area contributed by atoms with Gasteiger partial charge in [-0.05, 0) is 47.8 Å². The molecular weight excluding hydrogens is 550 g/mol. The number of carboxylic acids is 1. The van der Waals surface area contributed by atoms with E-state index in [9.17, 15) is 34.5 Å². The largest absolute Gasteiger partial charge is 0.508 e. The second-order valence-corrected chi connectivity index (χ2v) is 10.5. The van der Waals surface area contributed by atoms with Gasteiger partial charge < -0.3 is 42.0 Å². The van der Waals surface area contributed by atoms with Crippen molar-refractivity contribution >= 4 is 46.4 Å². The Balaban J connectivity index is 1.79. The molecule has 0 aliphatic carbocycles. The molecule has 41 heavy (non-hydrogen) atoms. The molecule has 0 fully saturated rings. The van der Waals surface area contributed by atoms with Crippen LogP contribution in [0.5, 0.6) is 5.75 Å². The van der Waals surface area contributed by atoms with Crippen molar-refractivity contribution in [1.29, 1.82) is 0 Å². The minimum atomic E-state index is -1.29. The summed E-state index contributed by atoms with van der Waals surface area (Å²) in [5.41, 5.74) is 7.83. The van der Waals surface area contributed by atoms with Gasteiger partial charge in [-0.1, -0.05) is 30.3 Å². The first-order valence-electron chi connectivity index (χ1n) is 12.9. The first kappa shape index (κ1) is 31.5. The number of phenols is 1. The molecule has 1 aromatic heterocycles. The van der Waals surface area contributed by atoms with Crippen LogP contribution in [0.3, 0.4) is 0 Å². The summed E-state index contributed by atoms with van der Waals surface area (Å²) in [6.45, 7) is -0.621. The number of rotatable bonds is 15. The van der Waals surface area contributed by atoms with E-state index in [4.69, 9.17) is 5.73 Å². The monoisotopic (exact) mass is 585 g/mol. The smallest absolute Gasteiger partial charge is 0.326 e. The van der Waals surface area contributed by atoms with Crippen molar-refractivity contribution in [2.45, 2.75) is 43.4 Å². The number of aromatic nitrogens is 1. The van der Waals surface area contributed by atoms with E-state index < -0.39 is 54.5 Å². The SMILES string of the molecule is CSCCC(NC(=O)C(Cc1c[nH]c2ccccc12)NC(=O)C(N)CO)C(=O)NC(Cc1ccc(O)cc1)C(=O)O. The molecule has 3 rings (SSSR count). The number of para-hydroxylation sites is 1. The summed E-state index contributed by atoms with van der Waals surface area (Å²) in [4.78, 5) is 54.3. The highest BCUT2D eigenvalue weighted by Gasteiger charge is 2.31. The zero-order chi connectivity index (χ0) is 29.9. The fraction of sp³-hybridized carbons (Fsp3) is 0.357. The van der Waals surface area contributed by atoms with E-state index in [0.717, 1.165) is 16.5 Å². The van der Waals surface area contributed by atoms with Crippen LogP contribution >= 0.6 is 11.8 Å². The highest BCUT2D eigenvalue weighted by molar-refractivity contribution is 7.98. The van der Waals surface area contributed by atoms with Gasteiger partial charge in [0, 0.05) is 29.9 Å². The van der Waals surface area contributed by atoms with Crippen LogP contribution in [-0.2, 0) is 32.0 Å². The average Bonchev–Trinajstić information content (AvgIpc) is 3.37. The standard InChI is InChI=1S/C28H35N5O7S/c1-41-11-10-22(26(37)33-24(28(39)40)12-16-6-8-18(35)9-7-16)31-27(38)23(32-25(36)20(29)15-34)13-17-14-30-21-5-3-2-4-19(17)21/h2-9,14,20,22-24,30,34-35H,10-13,15,29H2,1H3,(H,31,38)(H,32,36)(H,33,37)(H,39,40). The average molecular weight is 586 g/mol. The number of H-pyrrole nitrogens is 1. The third-order valence-electron chi connectivity index (χ3n) is 6.50. The number of phenolic OH excluding ortho intramolecular Hbond substituents is 1. The molecule has 0 spiro atoms. The summed E-state index contributed by atoms with van der Waals surface area (Å²) in [7, 11) is 0. The van der Waals surface area contributed by atoms with Gasteiger partial charge in [0.05, 0.1) is 6.61 Å². The molecule has 9 N–H and O–H groups in total. The summed E-state index contributed by atoms with van der Waals surface area (Å²) in [5.74, 6) is -2.84. The number of aromatic amines is 1. The molecule has 0 aliphatic heterocycles. The summed E-state index contributed by atoms with van der Waals surface area (Å²) in [6, 6.07) is 8.61. The molecule has 2 aromatic carbocycles. The molecule has 0 aliphatic rings. The lowest BCUT2D eigenvalue weighted by atomic mass is 10.0. The summed E-state index contributed by atoms with van der Waals surface area (Å²) in [6.07, 6.45) is 3.78. The van der Waals surface area contributed by atoms with Crippen LogP contribution in [-0.4, -0.2) is 86.8 Å². The Kier molecular flexibility index (Phi) is 11.6. The second kappa shape index (κ2) is 15.1. The van der Waals surface area contributed by atoms with Crippen molar-refractivity contribution in [3.05, 3.63) is 65.9 Å². The predicted octanol–water partition coefficient (Wildman–Crippen LogP) is 0.270. The van der Waals surface area contributed by atoms with Gasteiger partial charge in [-0.25, -0.2) is 4.79 Å². The molecular formula is C28H35N5O7S. The summed E-state index contributed by atoms with van der Waals surface area (Å²) in [5, 5.41) is 37.1. The number of aromatic hydroxyl groups is 1. The van der Waals surface area contributed by atoms with Gasteiger partial charge in [-0.2, -0.15) is 11.8 Å². The quantitative estimate of drug-likeness (QED) is 0.123. The Morgan fingerprint density at radius 2 is 1.54 bits per heavy atom. The van der Waals surface area contributed by atoms with Crippen LogP contribution in [0.4, 0.5) is 0 Å². The number of aliphatic hydroxyl groups is 1. The van der Waals surface area contributed by atoms with Crippen LogP contribution in [0.2, 0.25) is 0 Å². The van der Waals surface area contributed by atoms with Gasteiger partial charge in [0.2, 0.25) is 17.7 Å². The lowest BCUT2D eigenvalue weighted by Crippen LogP contribution is -2.58. The summed E-state index contributed by atoms with van der Waals surface area (Å²) >= 11 is 1.45. The molecule has 0 bridgehead atoms. The van der Waals surface area contributed by atoms with Crippen molar-refractivity contribution in [3.8, 4) is 5.75 Å². The fourth-order valence-electron chi connectivity index (χ4n) is 4.21. The lowest BCUT2D eigenvalue weighted by Gasteiger charge is -2.25. The molecule has 3 amide bonds. The van der Waals surface area contributed by atoms with E-state index >= 15 is 0 Å². The van der Waals surface area contributed by atoms with Crippen molar-refractivity contribution in [2.75, 3.05) is 18.6 Å². The van der Waals surface area contributed by atoms with Crippen molar-refractivity contribution in [3.63, 3.8) is 0 Å². The number of amides is 3. The molecule has 0 saturated carbocycles. The van der Waals surface area contributed by atoms with Crippen molar-refractivity contribution < 1.29 is 34.5 Å². The minimum Gasteiger partial charge on any atom is -0.508 e. The Bertz CT molecular complexity index is 1350. The number of benzene rings is 2. The molecule has 0 saturated heterocycles. The topological polar surface area (TPSA) is 207 Å². The number of nitrogens with two attached hydrogens (primary N) is 1. The number of thioether (sulfide) groups is 1. The zero-order valence-corrected chi connectivity index (χ0v) is 23.3. The van der Waals surface area contributed by atoms with Crippen LogP contribution in [0, 0.1) is 0 Å². The third kappa shape index (κ3) is 8.96. The number of aliphatic carboxylic acids is 1. The molecule has 0 radical (unpaired) electrons. The van der Waals surface area contributed by atoms with Gasteiger partial charge >= 0.3 is 5.97 Å². The van der Waals surface area contributed by atoms with Crippen molar-refractivity contribution in [2.24, 2.45) is 5.73 Å². The van der Waals surface area contributed by atoms with E-state index in [2.05, 4.69) is 20.9 Å². The number of fused-ring (bicyclic) bond motifs is 1. The number of carbonyl (C=O) groups excluding carboxylic acids is 3. The van der Waals surface area contributed by atoms with Crippen LogP contribution in [0.25, 0.3) is 10.9 Å². The van der Waals surface area contributed by atoms with Gasteiger partial charge in [-0.15, -0.1) is 0 Å². The van der Waals surface area contributed by atoms with Crippen LogP contribution in [0.1, 0.15) is 17.5 Å². The van der Waals surface area contributed by atoms with E-state index in [1.54, 1.807) is 18.3 Å². The molecule has 1 heterocycles. The van der Waals surface area contributed by atoms with Gasteiger partial charge in [0.15, 0.2) is 0 Å². The molecule has 12 nitrogen and oxygen atoms in total. The van der Waals surface area contributed by atoms with E-state index in [-0.39, 0.29) is 25.0 Å². The maximum Gasteiger partial charge on any atom is 0.326 e. The number of hydrogen-bond donors (Lipinski definition) is 8. The maximum atomic E-state index is 13.5. The number of hydrogen-bond acceptors (Lipinski definition) is 8. The first-order valence-corrected chi connectivity index (χ1v) is 14.3. The Morgan fingerprint density at radius 1 is 0.902 bits per heavy atom. The minimum absolute atomic E-state index is 0.0266. The number of nitrogens with one attached hydrogen (secondary N) is 4. The lowest BCUT2D eigenvalue weighted by molar-refractivity contribution is -0.142. The highest BCUT2D eigenvalue weighted by Crippen LogP contribution is 2.19. The van der Waals surface area contributed by atoms with Gasteiger partial charge in [0.25, 0.3) is 0 Å². The maximum absolute atomic E-state index is 13.5. The van der Waals surface area contributed by atoms with Crippen LogP contribution in [0.15, 0.2) is 54.7 Å². The van der Waals surface area contributed by atoms with Gasteiger partial charge in [-0.3, -0.25) is 14.4 Å². The predicted molar refractivity (Wildman–Crippen MR) is 155 cm³/mol. The van der Waals surface area contributed by atoms with E-state index in [0.29, 0.717) is 11.3 Å².